The topological polar surface area (TPSA) is 74.7 Å². The van der Waals surface area contributed by atoms with Gasteiger partial charge in [-0.1, -0.05) is 0 Å². The van der Waals surface area contributed by atoms with Gasteiger partial charge in [-0.05, 0) is 38.8 Å². The number of carboxylic acid groups (broad SMARTS) is 1. The molecule has 2 saturated heterocycles. The van der Waals surface area contributed by atoms with E-state index in [1.807, 2.05) is 0 Å². The summed E-state index contributed by atoms with van der Waals surface area (Å²) in [6.07, 6.45) is 2.96. The van der Waals surface area contributed by atoms with Crippen LogP contribution in [-0.2, 0) is 14.6 Å². The smallest absolute Gasteiger partial charge is 0.306 e. The van der Waals surface area contributed by atoms with Gasteiger partial charge >= 0.3 is 5.97 Å². The van der Waals surface area contributed by atoms with Crippen molar-refractivity contribution >= 4 is 15.8 Å². The molecule has 0 spiro atoms. The summed E-state index contributed by atoms with van der Waals surface area (Å²) in [4.78, 5) is 13.0. The number of carbonyl (C=O) groups is 1. The van der Waals surface area contributed by atoms with Crippen molar-refractivity contribution < 1.29 is 18.3 Å². The van der Waals surface area contributed by atoms with Gasteiger partial charge in [0.15, 0.2) is 9.84 Å². The zero-order valence-corrected chi connectivity index (χ0v) is 10.7. The van der Waals surface area contributed by atoms with E-state index in [0.717, 1.165) is 25.9 Å². The molecule has 1 N–H and O–H groups in total. The van der Waals surface area contributed by atoms with Gasteiger partial charge in [0, 0.05) is 6.04 Å². The molecule has 2 rings (SSSR count). The second-order valence-electron chi connectivity index (χ2n) is 5.06. The molecule has 0 aromatic carbocycles. The first-order chi connectivity index (χ1) is 7.98. The predicted octanol–water partition coefficient (Wildman–Crippen LogP) is 0.360. The van der Waals surface area contributed by atoms with E-state index in [-0.39, 0.29) is 17.7 Å². The van der Waals surface area contributed by atoms with Crippen molar-refractivity contribution in [3.8, 4) is 0 Å². The highest BCUT2D eigenvalue weighted by Gasteiger charge is 2.32. The summed E-state index contributed by atoms with van der Waals surface area (Å²) < 4.78 is 23.1. The van der Waals surface area contributed by atoms with E-state index in [1.165, 1.54) is 0 Å². The molecule has 2 fully saturated rings. The Labute approximate surface area is 102 Å². The van der Waals surface area contributed by atoms with E-state index >= 15 is 0 Å². The lowest BCUT2D eigenvalue weighted by molar-refractivity contribution is -0.143. The average Bonchev–Trinajstić information content (AvgIpc) is 2.28. The molecule has 17 heavy (non-hydrogen) atoms. The molecule has 2 heterocycles. The van der Waals surface area contributed by atoms with E-state index in [9.17, 15) is 13.2 Å². The van der Waals surface area contributed by atoms with E-state index < -0.39 is 15.8 Å². The number of hydrogen-bond donors (Lipinski definition) is 1. The lowest BCUT2D eigenvalue weighted by atomic mass is 9.95. The maximum Gasteiger partial charge on any atom is 0.306 e. The van der Waals surface area contributed by atoms with Gasteiger partial charge in [-0.3, -0.25) is 9.69 Å². The summed E-state index contributed by atoms with van der Waals surface area (Å²) in [7, 11) is -2.87. The van der Waals surface area contributed by atoms with E-state index in [0.29, 0.717) is 18.6 Å². The van der Waals surface area contributed by atoms with Crippen LogP contribution in [0.1, 0.15) is 25.7 Å². The Balaban J connectivity index is 1.90. The Hall–Kier alpha value is -0.620. The third-order valence-corrected chi connectivity index (χ3v) is 5.64. The third kappa shape index (κ3) is 3.19. The number of piperidine rings is 1. The minimum atomic E-state index is -2.87. The summed E-state index contributed by atoms with van der Waals surface area (Å²) >= 11 is 0. The van der Waals surface area contributed by atoms with Crippen LogP contribution in [0.15, 0.2) is 0 Å². The number of hydrogen-bond acceptors (Lipinski definition) is 4. The van der Waals surface area contributed by atoms with Gasteiger partial charge in [-0.25, -0.2) is 8.42 Å². The molecule has 0 radical (unpaired) electrons. The number of carboxylic acids is 1. The number of nitrogens with zero attached hydrogens (tertiary/aromatic N) is 1. The highest BCUT2D eigenvalue weighted by Crippen LogP contribution is 2.24. The van der Waals surface area contributed by atoms with Crippen LogP contribution < -0.4 is 0 Å². The number of rotatable bonds is 2. The fourth-order valence-electron chi connectivity index (χ4n) is 2.80. The number of sulfone groups is 1. The zero-order valence-electron chi connectivity index (χ0n) is 9.84. The first-order valence-electron chi connectivity index (χ1n) is 6.15. The van der Waals surface area contributed by atoms with Gasteiger partial charge < -0.3 is 5.11 Å². The lowest BCUT2D eigenvalue weighted by Gasteiger charge is -2.38. The van der Waals surface area contributed by atoms with E-state index in [4.69, 9.17) is 5.11 Å². The van der Waals surface area contributed by atoms with Gasteiger partial charge in [0.25, 0.3) is 0 Å². The fraction of sp³-hybridized carbons (Fsp3) is 0.909. The molecule has 0 saturated carbocycles. The van der Waals surface area contributed by atoms with E-state index in [1.54, 1.807) is 0 Å². The third-order valence-electron chi connectivity index (χ3n) is 3.83. The second kappa shape index (κ2) is 4.94. The summed E-state index contributed by atoms with van der Waals surface area (Å²) in [5, 5.41) is 8.90. The second-order valence-corrected chi connectivity index (χ2v) is 7.29. The van der Waals surface area contributed by atoms with Gasteiger partial charge in [-0.15, -0.1) is 0 Å². The molecule has 2 aliphatic rings. The molecule has 6 heteroatoms. The molecule has 0 aromatic rings. The molecular weight excluding hydrogens is 242 g/mol. The van der Waals surface area contributed by atoms with Crippen molar-refractivity contribution in [2.45, 2.75) is 31.7 Å². The molecule has 5 nitrogen and oxygen atoms in total. The fourth-order valence-corrected chi connectivity index (χ4v) is 4.54. The van der Waals surface area contributed by atoms with Crippen LogP contribution in [0.2, 0.25) is 0 Å². The van der Waals surface area contributed by atoms with Gasteiger partial charge in [-0.2, -0.15) is 0 Å². The molecule has 0 amide bonds. The van der Waals surface area contributed by atoms with Gasteiger partial charge in [0.1, 0.15) is 0 Å². The first kappa shape index (κ1) is 12.8. The molecular formula is C11H19NO4S. The highest BCUT2D eigenvalue weighted by atomic mass is 32.2. The van der Waals surface area contributed by atoms with Crippen LogP contribution >= 0.6 is 0 Å². The van der Waals surface area contributed by atoms with Crippen molar-refractivity contribution in [3.63, 3.8) is 0 Å². The largest absolute Gasteiger partial charge is 0.481 e. The zero-order chi connectivity index (χ0) is 12.5. The van der Waals surface area contributed by atoms with Crippen LogP contribution in [0.5, 0.6) is 0 Å². The Morgan fingerprint density at radius 2 is 1.82 bits per heavy atom. The average molecular weight is 261 g/mol. The Kier molecular flexibility index (Phi) is 3.73. The van der Waals surface area contributed by atoms with Gasteiger partial charge in [0.2, 0.25) is 0 Å². The molecule has 0 bridgehead atoms. The van der Waals surface area contributed by atoms with Crippen LogP contribution in [0.4, 0.5) is 0 Å². The van der Waals surface area contributed by atoms with Crippen molar-refractivity contribution in [1.82, 2.24) is 4.90 Å². The number of likely N-dealkylation sites (tertiary alicyclic amines) is 1. The van der Waals surface area contributed by atoms with Crippen LogP contribution in [0, 0.1) is 5.92 Å². The summed E-state index contributed by atoms with van der Waals surface area (Å²) in [6, 6.07) is 0.114. The predicted molar refractivity (Wildman–Crippen MR) is 63.6 cm³/mol. The van der Waals surface area contributed by atoms with Crippen molar-refractivity contribution in [2.24, 2.45) is 5.92 Å². The molecule has 1 unspecified atom stereocenters. The summed E-state index contributed by atoms with van der Waals surface area (Å²) in [5.74, 6) is -0.396. The molecule has 0 aliphatic carbocycles. The molecule has 2 aliphatic heterocycles. The van der Waals surface area contributed by atoms with Crippen LogP contribution in [-0.4, -0.2) is 55.0 Å². The minimum Gasteiger partial charge on any atom is -0.481 e. The molecule has 98 valence electrons. The minimum absolute atomic E-state index is 0.114. The monoisotopic (exact) mass is 261 g/mol. The van der Waals surface area contributed by atoms with Crippen LogP contribution in [0.3, 0.4) is 0 Å². The lowest BCUT2D eigenvalue weighted by Crippen LogP contribution is -2.47. The Morgan fingerprint density at radius 3 is 2.35 bits per heavy atom. The SMILES string of the molecule is O=C(O)C1CCN(C2CCCS(=O)(=O)C2)CC1. The van der Waals surface area contributed by atoms with Gasteiger partial charge in [0.05, 0.1) is 17.4 Å². The Morgan fingerprint density at radius 1 is 1.18 bits per heavy atom. The number of aliphatic carboxylic acids is 1. The van der Waals surface area contributed by atoms with Crippen LogP contribution in [0.25, 0.3) is 0 Å². The van der Waals surface area contributed by atoms with Crippen molar-refractivity contribution in [3.05, 3.63) is 0 Å². The molecule has 0 aromatic heterocycles. The molecule has 1 atom stereocenters. The normalized spacial score (nSPS) is 31.2. The first-order valence-corrected chi connectivity index (χ1v) is 7.97. The summed E-state index contributed by atoms with van der Waals surface area (Å²) in [6.45, 7) is 1.44. The summed E-state index contributed by atoms with van der Waals surface area (Å²) in [5.41, 5.74) is 0. The van der Waals surface area contributed by atoms with E-state index in [2.05, 4.69) is 4.90 Å². The maximum atomic E-state index is 11.6. The maximum absolute atomic E-state index is 11.6. The van der Waals surface area contributed by atoms with Crippen molar-refractivity contribution in [2.75, 3.05) is 24.6 Å². The quantitative estimate of drug-likeness (QED) is 0.777. The Bertz CT molecular complexity index is 384. The van der Waals surface area contributed by atoms with Crippen molar-refractivity contribution in [1.29, 1.82) is 0 Å². The highest BCUT2D eigenvalue weighted by molar-refractivity contribution is 7.91. The standard InChI is InChI=1S/C11H19NO4S/c13-11(14)9-3-5-12(6-4-9)10-2-1-7-17(15,16)8-10/h9-10H,1-8H2,(H,13,14).